The van der Waals surface area contributed by atoms with Crippen molar-refractivity contribution >= 4 is 0 Å². The van der Waals surface area contributed by atoms with Gasteiger partial charge in [0.25, 0.3) is 0 Å². The normalized spacial score (nSPS) is 25.9. The van der Waals surface area contributed by atoms with Gasteiger partial charge in [-0.1, -0.05) is 25.7 Å². The van der Waals surface area contributed by atoms with Gasteiger partial charge in [-0.25, -0.2) is 0 Å². The molecule has 16 heavy (non-hydrogen) atoms. The van der Waals surface area contributed by atoms with Crippen LogP contribution in [-0.4, -0.2) is 36.0 Å². The zero-order chi connectivity index (χ0) is 11.6. The highest BCUT2D eigenvalue weighted by Gasteiger charge is 2.23. The van der Waals surface area contributed by atoms with Crippen molar-refractivity contribution in [2.75, 3.05) is 19.8 Å². The van der Waals surface area contributed by atoms with Gasteiger partial charge < -0.3 is 15.5 Å². The van der Waals surface area contributed by atoms with Gasteiger partial charge in [0, 0.05) is 19.3 Å². The second kappa shape index (κ2) is 8.97. The summed E-state index contributed by atoms with van der Waals surface area (Å²) in [5, 5.41) is 21.5. The Morgan fingerprint density at radius 3 is 2.44 bits per heavy atom. The Kier molecular flexibility index (Phi) is 7.81. The fraction of sp³-hybridized carbons (Fsp3) is 1.00. The molecule has 0 aromatic carbocycles. The largest absolute Gasteiger partial charge is 0.396 e. The van der Waals surface area contributed by atoms with Crippen LogP contribution < -0.4 is 5.32 Å². The molecular formula is C13H27NO2. The van der Waals surface area contributed by atoms with Gasteiger partial charge in [0.1, 0.15) is 0 Å². The average Bonchev–Trinajstić information content (AvgIpc) is 2.34. The van der Waals surface area contributed by atoms with Crippen molar-refractivity contribution in [2.24, 2.45) is 5.92 Å². The molecule has 0 amide bonds. The molecule has 2 atom stereocenters. The minimum absolute atomic E-state index is 0.322. The Balaban J connectivity index is 2.02. The summed E-state index contributed by atoms with van der Waals surface area (Å²) < 4.78 is 0. The van der Waals surface area contributed by atoms with Gasteiger partial charge in [0.2, 0.25) is 0 Å². The molecule has 0 saturated heterocycles. The molecule has 0 aliphatic heterocycles. The summed E-state index contributed by atoms with van der Waals surface area (Å²) in [5.41, 5.74) is 0. The van der Waals surface area contributed by atoms with Gasteiger partial charge >= 0.3 is 0 Å². The van der Waals surface area contributed by atoms with E-state index in [0.29, 0.717) is 25.2 Å². The molecule has 0 heterocycles. The minimum Gasteiger partial charge on any atom is -0.396 e. The average molecular weight is 229 g/mol. The first kappa shape index (κ1) is 13.9. The minimum atomic E-state index is 0.322. The fourth-order valence-corrected chi connectivity index (χ4v) is 2.57. The lowest BCUT2D eigenvalue weighted by Gasteiger charge is -2.31. The van der Waals surface area contributed by atoms with Crippen molar-refractivity contribution in [3.63, 3.8) is 0 Å². The molecule has 0 aromatic rings. The highest BCUT2D eigenvalue weighted by atomic mass is 16.3. The summed E-state index contributed by atoms with van der Waals surface area (Å²) in [6, 6.07) is 0.539. The van der Waals surface area contributed by atoms with E-state index in [4.69, 9.17) is 5.11 Å². The van der Waals surface area contributed by atoms with Crippen molar-refractivity contribution in [2.45, 2.75) is 57.4 Å². The topological polar surface area (TPSA) is 52.5 Å². The summed E-state index contributed by atoms with van der Waals surface area (Å²) in [6.07, 6.45) is 9.44. The fourth-order valence-electron chi connectivity index (χ4n) is 2.57. The second-order valence-corrected chi connectivity index (χ2v) is 4.93. The molecule has 1 aliphatic carbocycles. The van der Waals surface area contributed by atoms with Gasteiger partial charge in [0.05, 0.1) is 0 Å². The van der Waals surface area contributed by atoms with Crippen molar-refractivity contribution in [1.82, 2.24) is 5.32 Å². The third-order valence-electron chi connectivity index (χ3n) is 3.64. The van der Waals surface area contributed by atoms with Gasteiger partial charge in [-0.3, -0.25) is 0 Å². The molecule has 0 aromatic heterocycles. The molecule has 0 radical (unpaired) electrons. The van der Waals surface area contributed by atoms with E-state index >= 15 is 0 Å². The first-order valence-corrected chi connectivity index (χ1v) is 6.83. The number of aliphatic hydroxyl groups is 2. The Morgan fingerprint density at radius 2 is 1.69 bits per heavy atom. The second-order valence-electron chi connectivity index (χ2n) is 4.93. The van der Waals surface area contributed by atoms with E-state index in [9.17, 15) is 5.11 Å². The molecule has 1 saturated carbocycles. The van der Waals surface area contributed by atoms with Gasteiger partial charge in [0.15, 0.2) is 0 Å². The SMILES string of the molecule is OCCCCCCNC1CCCCC1CO. The highest BCUT2D eigenvalue weighted by molar-refractivity contribution is 4.80. The van der Waals surface area contributed by atoms with Crippen molar-refractivity contribution in [3.05, 3.63) is 0 Å². The maximum Gasteiger partial charge on any atom is 0.0474 e. The predicted molar refractivity (Wildman–Crippen MR) is 66.4 cm³/mol. The third-order valence-corrected chi connectivity index (χ3v) is 3.64. The van der Waals surface area contributed by atoms with Crippen LogP contribution in [0.5, 0.6) is 0 Å². The monoisotopic (exact) mass is 229 g/mol. The summed E-state index contributed by atoms with van der Waals surface area (Å²) in [4.78, 5) is 0. The highest BCUT2D eigenvalue weighted by Crippen LogP contribution is 2.23. The molecule has 0 bridgehead atoms. The quantitative estimate of drug-likeness (QED) is 0.555. The third kappa shape index (κ3) is 5.28. The molecule has 1 rings (SSSR count). The van der Waals surface area contributed by atoms with E-state index < -0.39 is 0 Å². The molecule has 0 spiro atoms. The Bertz CT molecular complexity index is 164. The first-order valence-electron chi connectivity index (χ1n) is 6.83. The maximum absolute atomic E-state index is 9.27. The Labute approximate surface area is 99.3 Å². The van der Waals surface area contributed by atoms with Crippen LogP contribution in [0, 0.1) is 5.92 Å². The first-order chi connectivity index (χ1) is 7.88. The summed E-state index contributed by atoms with van der Waals surface area (Å²) in [7, 11) is 0. The smallest absolute Gasteiger partial charge is 0.0474 e. The standard InChI is InChI=1S/C13H27NO2/c15-10-6-2-1-5-9-14-13-8-4-3-7-12(13)11-16/h12-16H,1-11H2. The van der Waals surface area contributed by atoms with Gasteiger partial charge in [-0.15, -0.1) is 0 Å². The lowest BCUT2D eigenvalue weighted by molar-refractivity contribution is 0.153. The Morgan fingerprint density at radius 1 is 0.938 bits per heavy atom. The molecule has 3 N–H and O–H groups in total. The van der Waals surface area contributed by atoms with E-state index in [2.05, 4.69) is 5.32 Å². The van der Waals surface area contributed by atoms with Crippen molar-refractivity contribution < 1.29 is 10.2 Å². The van der Waals surface area contributed by atoms with Crippen molar-refractivity contribution in [1.29, 1.82) is 0 Å². The Hall–Kier alpha value is -0.120. The van der Waals surface area contributed by atoms with Crippen LogP contribution in [0.15, 0.2) is 0 Å². The molecule has 3 heteroatoms. The maximum atomic E-state index is 9.27. The van der Waals surface area contributed by atoms with Crippen LogP contribution in [0.3, 0.4) is 0 Å². The number of hydrogen-bond donors (Lipinski definition) is 3. The lowest BCUT2D eigenvalue weighted by Crippen LogP contribution is -2.40. The number of rotatable bonds is 8. The van der Waals surface area contributed by atoms with Crippen LogP contribution in [0.2, 0.25) is 0 Å². The molecule has 1 aliphatic rings. The lowest BCUT2D eigenvalue weighted by atomic mass is 9.85. The molecule has 1 fully saturated rings. The molecular weight excluding hydrogens is 202 g/mol. The van der Waals surface area contributed by atoms with E-state index in [1.165, 1.54) is 38.5 Å². The molecule has 3 nitrogen and oxygen atoms in total. The van der Waals surface area contributed by atoms with Crippen LogP contribution in [0.25, 0.3) is 0 Å². The number of hydrogen-bond acceptors (Lipinski definition) is 3. The summed E-state index contributed by atoms with van der Waals surface area (Å²) in [6.45, 7) is 1.72. The van der Waals surface area contributed by atoms with Crippen LogP contribution in [-0.2, 0) is 0 Å². The summed E-state index contributed by atoms with van der Waals surface area (Å²) >= 11 is 0. The van der Waals surface area contributed by atoms with Crippen LogP contribution in [0.4, 0.5) is 0 Å². The predicted octanol–water partition coefficient (Wildman–Crippen LogP) is 1.68. The molecule has 2 unspecified atom stereocenters. The molecule has 96 valence electrons. The van der Waals surface area contributed by atoms with E-state index in [0.717, 1.165) is 19.4 Å². The summed E-state index contributed by atoms with van der Waals surface area (Å²) in [5.74, 6) is 0.478. The zero-order valence-electron chi connectivity index (χ0n) is 10.3. The van der Waals surface area contributed by atoms with Gasteiger partial charge in [-0.05, 0) is 38.1 Å². The van der Waals surface area contributed by atoms with E-state index in [-0.39, 0.29) is 0 Å². The van der Waals surface area contributed by atoms with Crippen LogP contribution in [0.1, 0.15) is 51.4 Å². The van der Waals surface area contributed by atoms with E-state index in [1.807, 2.05) is 0 Å². The van der Waals surface area contributed by atoms with Gasteiger partial charge in [-0.2, -0.15) is 0 Å². The van der Waals surface area contributed by atoms with E-state index in [1.54, 1.807) is 0 Å². The number of aliphatic hydroxyl groups excluding tert-OH is 2. The number of nitrogens with one attached hydrogen (secondary N) is 1. The number of unbranched alkanes of at least 4 members (excludes halogenated alkanes) is 3. The van der Waals surface area contributed by atoms with Crippen LogP contribution >= 0.6 is 0 Å². The van der Waals surface area contributed by atoms with Crippen molar-refractivity contribution in [3.8, 4) is 0 Å². The zero-order valence-corrected chi connectivity index (χ0v) is 10.3.